The molecule has 1 saturated heterocycles. The summed E-state index contributed by atoms with van der Waals surface area (Å²) in [6, 6.07) is 6.69. The van der Waals surface area contributed by atoms with Crippen LogP contribution in [0.5, 0.6) is 5.75 Å². The van der Waals surface area contributed by atoms with Gasteiger partial charge < -0.3 is 14.8 Å². The zero-order chi connectivity index (χ0) is 15.2. The number of nitrogens with zero attached hydrogens (tertiary/aromatic N) is 1. The number of methoxy groups -OCH3 is 1. The minimum Gasteiger partial charge on any atom is -0.496 e. The molecule has 0 bridgehead atoms. The van der Waals surface area contributed by atoms with Crippen molar-refractivity contribution in [1.82, 2.24) is 10.2 Å². The van der Waals surface area contributed by atoms with E-state index in [-0.39, 0.29) is 6.04 Å². The molecular formula is C17H28N2O2. The Bertz CT molecular complexity index is 450. The standard InChI is InChI=1S/C17H28N2O2/c1-5-18-16(12-19-8-9-21-14(3)11-19)15-10-13(2)6-7-17(15)20-4/h6-7,10,14,16,18H,5,8-9,11-12H2,1-4H3. The maximum Gasteiger partial charge on any atom is 0.123 e. The van der Waals surface area contributed by atoms with E-state index in [1.54, 1.807) is 7.11 Å². The summed E-state index contributed by atoms with van der Waals surface area (Å²) in [6.45, 7) is 11.2. The second kappa shape index (κ2) is 7.78. The summed E-state index contributed by atoms with van der Waals surface area (Å²) in [5.41, 5.74) is 2.52. The SMILES string of the molecule is CCNC(CN1CCOC(C)C1)c1cc(C)ccc1OC. The summed E-state index contributed by atoms with van der Waals surface area (Å²) >= 11 is 0. The van der Waals surface area contributed by atoms with Gasteiger partial charge in [-0.1, -0.05) is 24.6 Å². The fourth-order valence-corrected chi connectivity index (χ4v) is 2.96. The molecule has 0 saturated carbocycles. The summed E-state index contributed by atoms with van der Waals surface area (Å²) in [7, 11) is 1.74. The smallest absolute Gasteiger partial charge is 0.123 e. The maximum absolute atomic E-state index is 5.63. The molecule has 4 heteroatoms. The molecule has 2 unspecified atom stereocenters. The zero-order valence-electron chi connectivity index (χ0n) is 13.7. The lowest BCUT2D eigenvalue weighted by atomic mass is 10.0. The Morgan fingerprint density at radius 3 is 2.95 bits per heavy atom. The second-order valence-electron chi connectivity index (χ2n) is 5.80. The fourth-order valence-electron chi connectivity index (χ4n) is 2.96. The van der Waals surface area contributed by atoms with Crippen molar-refractivity contribution >= 4 is 0 Å². The van der Waals surface area contributed by atoms with E-state index in [2.05, 4.69) is 49.2 Å². The van der Waals surface area contributed by atoms with E-state index in [4.69, 9.17) is 9.47 Å². The highest BCUT2D eigenvalue weighted by molar-refractivity contribution is 5.39. The molecule has 1 aromatic rings. The van der Waals surface area contributed by atoms with Gasteiger partial charge in [-0.3, -0.25) is 4.90 Å². The number of hydrogen-bond acceptors (Lipinski definition) is 4. The third-order valence-electron chi connectivity index (χ3n) is 3.98. The first-order valence-electron chi connectivity index (χ1n) is 7.86. The van der Waals surface area contributed by atoms with Gasteiger partial charge in [0.2, 0.25) is 0 Å². The summed E-state index contributed by atoms with van der Waals surface area (Å²) in [5, 5.41) is 3.60. The van der Waals surface area contributed by atoms with Gasteiger partial charge in [-0.15, -0.1) is 0 Å². The van der Waals surface area contributed by atoms with Gasteiger partial charge in [0.15, 0.2) is 0 Å². The van der Waals surface area contributed by atoms with Crippen molar-refractivity contribution in [2.45, 2.75) is 32.9 Å². The van der Waals surface area contributed by atoms with Gasteiger partial charge in [-0.05, 0) is 26.5 Å². The molecule has 1 heterocycles. The van der Waals surface area contributed by atoms with Gasteiger partial charge in [0.05, 0.1) is 19.8 Å². The van der Waals surface area contributed by atoms with Crippen molar-refractivity contribution in [2.24, 2.45) is 0 Å². The normalized spacial score (nSPS) is 21.2. The minimum atomic E-state index is 0.287. The van der Waals surface area contributed by atoms with E-state index in [1.807, 2.05) is 0 Å². The monoisotopic (exact) mass is 292 g/mol. The highest BCUT2D eigenvalue weighted by atomic mass is 16.5. The first-order chi connectivity index (χ1) is 10.1. The van der Waals surface area contributed by atoms with Crippen molar-refractivity contribution in [3.8, 4) is 5.75 Å². The van der Waals surface area contributed by atoms with Crippen LogP contribution in [0.25, 0.3) is 0 Å². The van der Waals surface area contributed by atoms with Gasteiger partial charge in [-0.25, -0.2) is 0 Å². The largest absolute Gasteiger partial charge is 0.496 e. The zero-order valence-corrected chi connectivity index (χ0v) is 13.7. The molecule has 118 valence electrons. The van der Waals surface area contributed by atoms with Crippen LogP contribution < -0.4 is 10.1 Å². The number of ether oxygens (including phenoxy) is 2. The van der Waals surface area contributed by atoms with Crippen LogP contribution in [0.3, 0.4) is 0 Å². The fraction of sp³-hybridized carbons (Fsp3) is 0.647. The molecule has 0 spiro atoms. The summed E-state index contributed by atoms with van der Waals surface area (Å²) in [5.74, 6) is 0.966. The minimum absolute atomic E-state index is 0.287. The summed E-state index contributed by atoms with van der Waals surface area (Å²) in [4.78, 5) is 2.48. The van der Waals surface area contributed by atoms with Crippen LogP contribution in [0.15, 0.2) is 18.2 Å². The third-order valence-corrected chi connectivity index (χ3v) is 3.98. The van der Waals surface area contributed by atoms with Crippen molar-refractivity contribution < 1.29 is 9.47 Å². The predicted molar refractivity (Wildman–Crippen MR) is 86.0 cm³/mol. The molecule has 2 atom stereocenters. The molecule has 1 aromatic carbocycles. The van der Waals surface area contributed by atoms with E-state index < -0.39 is 0 Å². The Morgan fingerprint density at radius 2 is 2.29 bits per heavy atom. The molecular weight excluding hydrogens is 264 g/mol. The number of nitrogens with one attached hydrogen (secondary N) is 1. The third kappa shape index (κ3) is 4.43. The maximum atomic E-state index is 5.63. The first kappa shape index (κ1) is 16.3. The second-order valence-corrected chi connectivity index (χ2v) is 5.80. The first-order valence-corrected chi connectivity index (χ1v) is 7.86. The Kier molecular flexibility index (Phi) is 6.03. The number of aryl methyl sites for hydroxylation is 1. The molecule has 4 nitrogen and oxygen atoms in total. The highest BCUT2D eigenvalue weighted by Crippen LogP contribution is 2.27. The quantitative estimate of drug-likeness (QED) is 0.873. The molecule has 1 fully saturated rings. The molecule has 0 amide bonds. The van der Waals surface area contributed by atoms with Crippen molar-refractivity contribution in [3.63, 3.8) is 0 Å². The van der Waals surface area contributed by atoms with Gasteiger partial charge in [-0.2, -0.15) is 0 Å². The molecule has 1 N–H and O–H groups in total. The van der Waals surface area contributed by atoms with Gasteiger partial charge >= 0.3 is 0 Å². The van der Waals surface area contributed by atoms with E-state index in [0.717, 1.165) is 38.5 Å². The number of morpholine rings is 1. The number of rotatable bonds is 6. The van der Waals surface area contributed by atoms with Crippen LogP contribution in [0.2, 0.25) is 0 Å². The van der Waals surface area contributed by atoms with Crippen LogP contribution in [0, 0.1) is 6.92 Å². The average Bonchev–Trinajstić information content (AvgIpc) is 2.47. The van der Waals surface area contributed by atoms with Gasteiger partial charge in [0, 0.05) is 31.2 Å². The van der Waals surface area contributed by atoms with Crippen molar-refractivity contribution in [2.75, 3.05) is 39.9 Å². The van der Waals surface area contributed by atoms with E-state index in [0.29, 0.717) is 6.10 Å². The van der Waals surface area contributed by atoms with Crippen molar-refractivity contribution in [3.05, 3.63) is 29.3 Å². The highest BCUT2D eigenvalue weighted by Gasteiger charge is 2.22. The molecule has 0 aromatic heterocycles. The Morgan fingerprint density at radius 1 is 1.48 bits per heavy atom. The molecule has 0 radical (unpaired) electrons. The van der Waals surface area contributed by atoms with Crippen LogP contribution in [-0.4, -0.2) is 50.9 Å². The van der Waals surface area contributed by atoms with Crippen LogP contribution in [0.4, 0.5) is 0 Å². The van der Waals surface area contributed by atoms with E-state index in [9.17, 15) is 0 Å². The van der Waals surface area contributed by atoms with Crippen molar-refractivity contribution in [1.29, 1.82) is 0 Å². The van der Waals surface area contributed by atoms with Crippen LogP contribution >= 0.6 is 0 Å². The predicted octanol–water partition coefficient (Wildman–Crippen LogP) is 2.37. The Balaban J connectivity index is 2.16. The molecule has 0 aliphatic carbocycles. The van der Waals surface area contributed by atoms with Crippen LogP contribution in [0.1, 0.15) is 31.0 Å². The lowest BCUT2D eigenvalue weighted by Crippen LogP contribution is -2.45. The lowest BCUT2D eigenvalue weighted by Gasteiger charge is -2.34. The van der Waals surface area contributed by atoms with E-state index in [1.165, 1.54) is 11.1 Å². The molecule has 21 heavy (non-hydrogen) atoms. The molecule has 1 aliphatic heterocycles. The average molecular weight is 292 g/mol. The lowest BCUT2D eigenvalue weighted by molar-refractivity contribution is -0.0211. The van der Waals surface area contributed by atoms with Crippen LogP contribution in [-0.2, 0) is 4.74 Å². The van der Waals surface area contributed by atoms with Gasteiger partial charge in [0.25, 0.3) is 0 Å². The summed E-state index contributed by atoms with van der Waals surface area (Å²) in [6.07, 6.45) is 0.320. The molecule has 2 rings (SSSR count). The number of benzene rings is 1. The molecule has 1 aliphatic rings. The van der Waals surface area contributed by atoms with E-state index >= 15 is 0 Å². The Labute approximate surface area is 128 Å². The number of hydrogen-bond donors (Lipinski definition) is 1. The Hall–Kier alpha value is -1.10. The number of likely N-dealkylation sites (N-methyl/N-ethyl adjacent to an activating group) is 1. The topological polar surface area (TPSA) is 33.7 Å². The summed E-state index contributed by atoms with van der Waals surface area (Å²) < 4.78 is 11.2. The van der Waals surface area contributed by atoms with Gasteiger partial charge in [0.1, 0.15) is 5.75 Å².